The van der Waals surface area contributed by atoms with E-state index in [0.717, 1.165) is 31.8 Å². The first-order valence-corrected chi connectivity index (χ1v) is 8.68. The van der Waals surface area contributed by atoms with Crippen LogP contribution < -0.4 is 4.74 Å². The SMILES string of the molecule is CN1CCC[C@H](CN(C)C(=O)c2coc(COc3ccccc3)n2)C1. The van der Waals surface area contributed by atoms with E-state index in [1.54, 1.807) is 4.90 Å². The molecule has 0 bridgehead atoms. The molecule has 1 aliphatic rings. The molecule has 0 spiro atoms. The van der Waals surface area contributed by atoms with Gasteiger partial charge in [0.15, 0.2) is 12.3 Å². The molecule has 0 radical (unpaired) electrons. The molecule has 0 aliphatic carbocycles. The highest BCUT2D eigenvalue weighted by Crippen LogP contribution is 2.17. The Labute approximate surface area is 148 Å². The zero-order valence-corrected chi connectivity index (χ0v) is 14.9. The molecular formula is C19H25N3O3. The molecule has 2 heterocycles. The Bertz CT molecular complexity index is 686. The van der Waals surface area contributed by atoms with Gasteiger partial charge in [0, 0.05) is 20.1 Å². The number of amides is 1. The topological polar surface area (TPSA) is 58.8 Å². The number of ether oxygens (including phenoxy) is 1. The van der Waals surface area contributed by atoms with Gasteiger partial charge in [0.25, 0.3) is 5.91 Å². The lowest BCUT2D eigenvalue weighted by atomic mass is 9.98. The number of nitrogens with zero attached hydrogens (tertiary/aromatic N) is 3. The monoisotopic (exact) mass is 343 g/mol. The van der Waals surface area contributed by atoms with Crippen molar-refractivity contribution in [1.82, 2.24) is 14.8 Å². The highest BCUT2D eigenvalue weighted by Gasteiger charge is 2.23. The number of piperidine rings is 1. The minimum Gasteiger partial charge on any atom is -0.484 e. The van der Waals surface area contributed by atoms with Gasteiger partial charge in [0.05, 0.1) is 0 Å². The summed E-state index contributed by atoms with van der Waals surface area (Å²) in [7, 11) is 3.95. The molecule has 0 saturated carbocycles. The summed E-state index contributed by atoms with van der Waals surface area (Å²) < 4.78 is 11.0. The summed E-state index contributed by atoms with van der Waals surface area (Å²) in [4.78, 5) is 20.9. The summed E-state index contributed by atoms with van der Waals surface area (Å²) in [5, 5.41) is 0. The van der Waals surface area contributed by atoms with Gasteiger partial charge in [0.2, 0.25) is 5.89 Å². The number of hydrogen-bond acceptors (Lipinski definition) is 5. The third-order valence-electron chi connectivity index (χ3n) is 4.48. The Morgan fingerprint density at radius 2 is 2.20 bits per heavy atom. The number of oxazole rings is 1. The molecular weight excluding hydrogens is 318 g/mol. The normalized spacial score (nSPS) is 18.1. The van der Waals surface area contributed by atoms with E-state index in [9.17, 15) is 4.79 Å². The van der Waals surface area contributed by atoms with Gasteiger partial charge in [-0.05, 0) is 44.5 Å². The number of hydrogen-bond donors (Lipinski definition) is 0. The van der Waals surface area contributed by atoms with Crippen molar-refractivity contribution in [3.05, 3.63) is 48.2 Å². The lowest BCUT2D eigenvalue weighted by molar-refractivity contribution is 0.0735. The first-order valence-electron chi connectivity index (χ1n) is 8.68. The van der Waals surface area contributed by atoms with Crippen molar-refractivity contribution in [3.63, 3.8) is 0 Å². The molecule has 0 N–H and O–H groups in total. The fourth-order valence-electron chi connectivity index (χ4n) is 3.23. The quantitative estimate of drug-likeness (QED) is 0.807. The van der Waals surface area contributed by atoms with Crippen LogP contribution in [0.15, 0.2) is 41.0 Å². The molecule has 0 unspecified atom stereocenters. The Morgan fingerprint density at radius 1 is 1.40 bits per heavy atom. The van der Waals surface area contributed by atoms with Gasteiger partial charge in [-0.2, -0.15) is 0 Å². The van der Waals surface area contributed by atoms with Crippen LogP contribution in [0.4, 0.5) is 0 Å². The number of likely N-dealkylation sites (tertiary alicyclic amines) is 1. The number of carbonyl (C=O) groups excluding carboxylic acids is 1. The minimum absolute atomic E-state index is 0.108. The lowest BCUT2D eigenvalue weighted by Gasteiger charge is -2.32. The smallest absolute Gasteiger partial charge is 0.275 e. The van der Waals surface area contributed by atoms with Crippen LogP contribution in [-0.4, -0.2) is 54.4 Å². The predicted octanol–water partition coefficient (Wildman–Crippen LogP) is 2.67. The van der Waals surface area contributed by atoms with Crippen LogP contribution in [-0.2, 0) is 6.61 Å². The van der Waals surface area contributed by atoms with Crippen molar-refractivity contribution in [2.45, 2.75) is 19.4 Å². The highest BCUT2D eigenvalue weighted by atomic mass is 16.5. The van der Waals surface area contributed by atoms with Gasteiger partial charge in [-0.3, -0.25) is 4.79 Å². The molecule has 1 fully saturated rings. The molecule has 6 nitrogen and oxygen atoms in total. The summed E-state index contributed by atoms with van der Waals surface area (Å²) in [5.41, 5.74) is 0.332. The Balaban J connectivity index is 1.52. The van der Waals surface area contributed by atoms with E-state index in [-0.39, 0.29) is 12.5 Å². The van der Waals surface area contributed by atoms with E-state index in [1.165, 1.54) is 12.7 Å². The Kier molecular flexibility index (Phi) is 5.71. The number of para-hydroxylation sites is 1. The molecule has 25 heavy (non-hydrogen) atoms. The maximum Gasteiger partial charge on any atom is 0.275 e. The zero-order chi connectivity index (χ0) is 17.6. The molecule has 1 saturated heterocycles. The van der Waals surface area contributed by atoms with Crippen LogP contribution in [0.3, 0.4) is 0 Å². The van der Waals surface area contributed by atoms with Gasteiger partial charge >= 0.3 is 0 Å². The number of benzene rings is 1. The third-order valence-corrected chi connectivity index (χ3v) is 4.48. The van der Waals surface area contributed by atoms with E-state index in [1.807, 2.05) is 37.4 Å². The molecule has 1 amide bonds. The van der Waals surface area contributed by atoms with Gasteiger partial charge in [0.1, 0.15) is 12.0 Å². The number of rotatable bonds is 6. The molecule has 1 aromatic heterocycles. The second-order valence-corrected chi connectivity index (χ2v) is 6.68. The van der Waals surface area contributed by atoms with Crippen molar-refractivity contribution in [2.24, 2.45) is 5.92 Å². The lowest BCUT2D eigenvalue weighted by Crippen LogP contribution is -2.40. The molecule has 1 atom stereocenters. The van der Waals surface area contributed by atoms with Crippen LogP contribution in [0.5, 0.6) is 5.75 Å². The maximum absolute atomic E-state index is 12.5. The summed E-state index contributed by atoms with van der Waals surface area (Å²) in [6, 6.07) is 9.46. The van der Waals surface area contributed by atoms with Crippen molar-refractivity contribution in [1.29, 1.82) is 0 Å². The first-order chi connectivity index (χ1) is 12.1. The van der Waals surface area contributed by atoms with E-state index in [2.05, 4.69) is 16.9 Å². The Morgan fingerprint density at radius 3 is 2.96 bits per heavy atom. The van der Waals surface area contributed by atoms with Crippen molar-refractivity contribution in [3.8, 4) is 5.75 Å². The summed E-state index contributed by atoms with van der Waals surface area (Å²) in [5.74, 6) is 1.55. The van der Waals surface area contributed by atoms with E-state index in [4.69, 9.17) is 9.15 Å². The van der Waals surface area contributed by atoms with Gasteiger partial charge in [-0.1, -0.05) is 18.2 Å². The van der Waals surface area contributed by atoms with Crippen LogP contribution in [0, 0.1) is 5.92 Å². The molecule has 2 aromatic rings. The van der Waals surface area contributed by atoms with Crippen LogP contribution in [0.2, 0.25) is 0 Å². The van der Waals surface area contributed by atoms with Gasteiger partial charge < -0.3 is 19.0 Å². The average Bonchev–Trinajstić information content (AvgIpc) is 3.09. The number of carbonyl (C=O) groups is 1. The molecule has 3 rings (SSSR count). The minimum atomic E-state index is -0.108. The second-order valence-electron chi connectivity index (χ2n) is 6.68. The van der Waals surface area contributed by atoms with Crippen LogP contribution in [0.25, 0.3) is 0 Å². The molecule has 1 aliphatic heterocycles. The highest BCUT2D eigenvalue weighted by molar-refractivity contribution is 5.91. The second kappa shape index (κ2) is 8.16. The average molecular weight is 343 g/mol. The van der Waals surface area contributed by atoms with Crippen LogP contribution >= 0.6 is 0 Å². The van der Waals surface area contributed by atoms with Crippen molar-refractivity contribution in [2.75, 3.05) is 33.7 Å². The molecule has 1 aromatic carbocycles. The standard InChI is InChI=1S/C19H25N3O3/c1-21-10-6-7-15(11-21)12-22(2)19(23)17-13-25-18(20-17)14-24-16-8-4-3-5-9-16/h3-5,8-9,13,15H,6-7,10-12,14H2,1-2H3/t15-/m0/s1. The zero-order valence-electron chi connectivity index (χ0n) is 14.9. The first kappa shape index (κ1) is 17.5. The van der Waals surface area contributed by atoms with Crippen molar-refractivity contribution < 1.29 is 13.9 Å². The largest absolute Gasteiger partial charge is 0.484 e. The predicted molar refractivity (Wildman–Crippen MR) is 94.5 cm³/mol. The summed E-state index contributed by atoms with van der Waals surface area (Å²) in [6.07, 6.45) is 3.76. The number of aromatic nitrogens is 1. The fourth-order valence-corrected chi connectivity index (χ4v) is 3.23. The van der Waals surface area contributed by atoms with Gasteiger partial charge in [-0.25, -0.2) is 4.98 Å². The van der Waals surface area contributed by atoms with Crippen molar-refractivity contribution >= 4 is 5.91 Å². The third kappa shape index (κ3) is 4.82. The maximum atomic E-state index is 12.5. The summed E-state index contributed by atoms with van der Waals surface area (Å²) in [6.45, 7) is 3.12. The molecule has 6 heteroatoms. The Hall–Kier alpha value is -2.34. The van der Waals surface area contributed by atoms with Crippen LogP contribution in [0.1, 0.15) is 29.2 Å². The van der Waals surface area contributed by atoms with E-state index >= 15 is 0 Å². The molecule has 134 valence electrons. The van der Waals surface area contributed by atoms with Gasteiger partial charge in [-0.15, -0.1) is 0 Å². The van der Waals surface area contributed by atoms with E-state index < -0.39 is 0 Å². The fraction of sp³-hybridized carbons (Fsp3) is 0.474. The van der Waals surface area contributed by atoms with E-state index in [0.29, 0.717) is 17.5 Å². The summed E-state index contributed by atoms with van der Waals surface area (Å²) >= 11 is 0.